The smallest absolute Gasteiger partial charge is 0.0596 e. The Balaban J connectivity index is 2.64. The Hall–Kier alpha value is -0.830. The molecule has 1 unspecified atom stereocenters. The molecule has 0 radical (unpaired) electrons. The van der Waals surface area contributed by atoms with E-state index in [0.717, 1.165) is 18.7 Å². The number of rotatable bonds is 4. The lowest BCUT2D eigenvalue weighted by Crippen LogP contribution is -2.10. The minimum atomic E-state index is 0.425. The van der Waals surface area contributed by atoms with E-state index in [4.69, 9.17) is 4.74 Å². The van der Waals surface area contributed by atoms with Crippen molar-refractivity contribution in [2.75, 3.05) is 13.7 Å². The van der Waals surface area contributed by atoms with E-state index in [1.165, 1.54) is 5.69 Å². The maximum absolute atomic E-state index is 5.04. The molecule has 1 atom stereocenters. The first-order valence-corrected chi connectivity index (χ1v) is 4.67. The number of methoxy groups -OCH3 is 1. The molecule has 3 nitrogen and oxygen atoms in total. The first-order chi connectivity index (χ1) is 6.15. The molecule has 3 heteroatoms. The summed E-state index contributed by atoms with van der Waals surface area (Å²) < 4.78 is 7.10. The average Bonchev–Trinajstić information content (AvgIpc) is 2.41. The van der Waals surface area contributed by atoms with Crippen LogP contribution in [-0.4, -0.2) is 23.5 Å². The molecule has 0 saturated carbocycles. The van der Waals surface area contributed by atoms with Crippen molar-refractivity contribution in [3.8, 4) is 0 Å². The zero-order valence-electron chi connectivity index (χ0n) is 8.87. The summed E-state index contributed by atoms with van der Waals surface area (Å²) in [5.41, 5.74) is 2.31. The summed E-state index contributed by atoms with van der Waals surface area (Å²) in [7, 11) is 1.73. The van der Waals surface area contributed by atoms with E-state index in [9.17, 15) is 0 Å². The molecule has 1 aromatic heterocycles. The summed E-state index contributed by atoms with van der Waals surface area (Å²) in [6, 6.07) is 2.53. The third-order valence-corrected chi connectivity index (χ3v) is 2.20. The van der Waals surface area contributed by atoms with Gasteiger partial charge in [0.2, 0.25) is 0 Å². The Labute approximate surface area is 79.7 Å². The minimum absolute atomic E-state index is 0.425. The molecular formula is C10H18N2O. The summed E-state index contributed by atoms with van der Waals surface area (Å²) in [4.78, 5) is 0. The van der Waals surface area contributed by atoms with Crippen molar-refractivity contribution >= 4 is 0 Å². The number of aryl methyl sites for hydroxylation is 2. The van der Waals surface area contributed by atoms with Crippen molar-refractivity contribution in [2.24, 2.45) is 0 Å². The first-order valence-electron chi connectivity index (χ1n) is 4.67. The molecule has 1 rings (SSSR count). The van der Waals surface area contributed by atoms with Gasteiger partial charge in [0.25, 0.3) is 0 Å². The van der Waals surface area contributed by atoms with E-state index in [1.54, 1.807) is 7.11 Å². The van der Waals surface area contributed by atoms with Crippen LogP contribution in [-0.2, 0) is 4.74 Å². The van der Waals surface area contributed by atoms with Gasteiger partial charge in [-0.1, -0.05) is 0 Å². The van der Waals surface area contributed by atoms with Crippen LogP contribution in [0.25, 0.3) is 0 Å². The Morgan fingerprint density at radius 2 is 2.23 bits per heavy atom. The number of hydrogen-bond donors (Lipinski definition) is 0. The SMILES string of the molecule is COCCC(C)n1nc(C)cc1C. The second-order valence-corrected chi connectivity index (χ2v) is 3.50. The standard InChI is InChI=1S/C10H18N2O/c1-8-7-10(3)12(11-8)9(2)5-6-13-4/h7,9H,5-6H2,1-4H3. The van der Waals surface area contributed by atoms with Crippen molar-refractivity contribution < 1.29 is 4.74 Å². The van der Waals surface area contributed by atoms with Gasteiger partial charge in [0.05, 0.1) is 11.7 Å². The molecule has 0 aliphatic heterocycles. The third kappa shape index (κ3) is 2.56. The maximum Gasteiger partial charge on any atom is 0.0596 e. The van der Waals surface area contributed by atoms with Gasteiger partial charge in [0, 0.05) is 19.4 Å². The summed E-state index contributed by atoms with van der Waals surface area (Å²) >= 11 is 0. The van der Waals surface area contributed by atoms with Crippen LogP contribution in [0.5, 0.6) is 0 Å². The molecule has 0 aromatic carbocycles. The fourth-order valence-electron chi connectivity index (χ4n) is 1.50. The molecule has 0 N–H and O–H groups in total. The fraction of sp³-hybridized carbons (Fsp3) is 0.700. The molecule has 0 fully saturated rings. The molecule has 0 aliphatic carbocycles. The maximum atomic E-state index is 5.04. The zero-order chi connectivity index (χ0) is 9.84. The van der Waals surface area contributed by atoms with Crippen LogP contribution < -0.4 is 0 Å². The number of nitrogens with zero attached hydrogens (tertiary/aromatic N) is 2. The van der Waals surface area contributed by atoms with Gasteiger partial charge in [-0.05, 0) is 33.3 Å². The lowest BCUT2D eigenvalue weighted by Gasteiger charge is -2.13. The van der Waals surface area contributed by atoms with Gasteiger partial charge in [0.1, 0.15) is 0 Å². The number of aromatic nitrogens is 2. The minimum Gasteiger partial charge on any atom is -0.385 e. The monoisotopic (exact) mass is 182 g/mol. The molecule has 74 valence electrons. The number of ether oxygens (including phenoxy) is 1. The highest BCUT2D eigenvalue weighted by Gasteiger charge is 2.08. The van der Waals surface area contributed by atoms with Crippen molar-refractivity contribution in [2.45, 2.75) is 33.2 Å². The highest BCUT2D eigenvalue weighted by Crippen LogP contribution is 2.13. The van der Waals surface area contributed by atoms with E-state index in [0.29, 0.717) is 6.04 Å². The highest BCUT2D eigenvalue weighted by atomic mass is 16.5. The summed E-state index contributed by atoms with van der Waals surface area (Å²) in [6.07, 6.45) is 1.01. The molecule has 0 bridgehead atoms. The van der Waals surface area contributed by atoms with Gasteiger partial charge in [-0.2, -0.15) is 5.10 Å². The number of hydrogen-bond acceptors (Lipinski definition) is 2. The summed E-state index contributed by atoms with van der Waals surface area (Å²) in [5.74, 6) is 0. The molecule has 0 saturated heterocycles. The predicted octanol–water partition coefficient (Wildman–Crippen LogP) is 2.10. The molecule has 13 heavy (non-hydrogen) atoms. The van der Waals surface area contributed by atoms with E-state index in [1.807, 2.05) is 6.92 Å². The van der Waals surface area contributed by atoms with Crippen LogP contribution in [0, 0.1) is 13.8 Å². The zero-order valence-corrected chi connectivity index (χ0v) is 8.87. The molecule has 0 spiro atoms. The van der Waals surface area contributed by atoms with E-state index in [-0.39, 0.29) is 0 Å². The van der Waals surface area contributed by atoms with Crippen molar-refractivity contribution in [1.82, 2.24) is 9.78 Å². The predicted molar refractivity (Wildman–Crippen MR) is 52.9 cm³/mol. The van der Waals surface area contributed by atoms with Crippen LogP contribution in [0.1, 0.15) is 30.8 Å². The van der Waals surface area contributed by atoms with Crippen molar-refractivity contribution in [3.05, 3.63) is 17.5 Å². The molecular weight excluding hydrogens is 164 g/mol. The lowest BCUT2D eigenvalue weighted by molar-refractivity contribution is 0.178. The lowest BCUT2D eigenvalue weighted by atomic mass is 10.2. The van der Waals surface area contributed by atoms with Gasteiger partial charge < -0.3 is 4.74 Å². The van der Waals surface area contributed by atoms with Crippen LogP contribution in [0.2, 0.25) is 0 Å². The van der Waals surface area contributed by atoms with Crippen LogP contribution in [0.15, 0.2) is 6.07 Å². The Bertz CT molecular complexity index is 268. The van der Waals surface area contributed by atoms with Crippen LogP contribution >= 0.6 is 0 Å². The quantitative estimate of drug-likeness (QED) is 0.713. The van der Waals surface area contributed by atoms with Crippen LogP contribution in [0.3, 0.4) is 0 Å². The van der Waals surface area contributed by atoms with Gasteiger partial charge in [-0.3, -0.25) is 4.68 Å². The van der Waals surface area contributed by atoms with Gasteiger partial charge in [-0.25, -0.2) is 0 Å². The van der Waals surface area contributed by atoms with Crippen molar-refractivity contribution in [1.29, 1.82) is 0 Å². The molecule has 1 aromatic rings. The van der Waals surface area contributed by atoms with E-state index >= 15 is 0 Å². The summed E-state index contributed by atoms with van der Waals surface area (Å²) in [6.45, 7) is 7.06. The highest BCUT2D eigenvalue weighted by molar-refractivity contribution is 5.07. The molecule has 1 heterocycles. The third-order valence-electron chi connectivity index (χ3n) is 2.20. The van der Waals surface area contributed by atoms with Crippen molar-refractivity contribution in [3.63, 3.8) is 0 Å². The van der Waals surface area contributed by atoms with Gasteiger partial charge in [0.15, 0.2) is 0 Å². The Kier molecular flexibility index (Phi) is 3.48. The topological polar surface area (TPSA) is 27.1 Å². The second-order valence-electron chi connectivity index (χ2n) is 3.50. The van der Waals surface area contributed by atoms with Crippen LogP contribution in [0.4, 0.5) is 0 Å². The Morgan fingerprint density at radius 1 is 1.54 bits per heavy atom. The largest absolute Gasteiger partial charge is 0.385 e. The summed E-state index contributed by atoms with van der Waals surface area (Å²) in [5, 5.41) is 4.42. The Morgan fingerprint density at radius 3 is 2.69 bits per heavy atom. The normalized spacial score (nSPS) is 13.2. The molecule has 0 aliphatic rings. The second kappa shape index (κ2) is 4.42. The fourth-order valence-corrected chi connectivity index (χ4v) is 1.50. The first kappa shape index (κ1) is 10.3. The van der Waals surface area contributed by atoms with Gasteiger partial charge in [-0.15, -0.1) is 0 Å². The van der Waals surface area contributed by atoms with Gasteiger partial charge >= 0.3 is 0 Å². The van der Waals surface area contributed by atoms with E-state index in [2.05, 4.69) is 29.7 Å². The van der Waals surface area contributed by atoms with E-state index < -0.39 is 0 Å². The molecule has 0 amide bonds. The average molecular weight is 182 g/mol.